The van der Waals surface area contributed by atoms with Crippen LogP contribution in [0.4, 0.5) is 0 Å². The van der Waals surface area contributed by atoms with Crippen molar-refractivity contribution in [3.63, 3.8) is 0 Å². The Morgan fingerprint density at radius 2 is 2.41 bits per heavy atom. The fourth-order valence-corrected chi connectivity index (χ4v) is 3.19. The van der Waals surface area contributed by atoms with Gasteiger partial charge in [-0.15, -0.1) is 0 Å². The first-order chi connectivity index (χ1) is 10.7. The lowest BCUT2D eigenvalue weighted by Gasteiger charge is -2.17. The van der Waals surface area contributed by atoms with Crippen LogP contribution in [0, 0.1) is 0 Å². The van der Waals surface area contributed by atoms with E-state index < -0.39 is 5.97 Å². The van der Waals surface area contributed by atoms with Crippen LogP contribution in [0.15, 0.2) is 24.3 Å². The van der Waals surface area contributed by atoms with Gasteiger partial charge in [-0.2, -0.15) is 4.37 Å². The minimum absolute atomic E-state index is 0.221. The third-order valence-electron chi connectivity index (χ3n) is 3.50. The number of ether oxygens (including phenoxy) is 2. The summed E-state index contributed by atoms with van der Waals surface area (Å²) in [5.74, 6) is 0.150. The second-order valence-corrected chi connectivity index (χ2v) is 5.88. The van der Waals surface area contributed by atoms with Crippen LogP contribution >= 0.6 is 11.5 Å². The Labute approximate surface area is 132 Å². The molecule has 22 heavy (non-hydrogen) atoms. The van der Waals surface area contributed by atoms with Gasteiger partial charge in [0.1, 0.15) is 17.9 Å². The molecule has 7 heteroatoms. The zero-order chi connectivity index (χ0) is 15.5. The van der Waals surface area contributed by atoms with Gasteiger partial charge >= 0.3 is 5.97 Å². The number of aromatic carboxylic acids is 1. The Hall–Kier alpha value is -2.12. The number of benzene rings is 1. The number of hydrogen-bond donors (Lipinski definition) is 1. The summed E-state index contributed by atoms with van der Waals surface area (Å²) in [5, 5.41) is 9.25. The molecule has 0 unspecified atom stereocenters. The molecule has 0 saturated heterocycles. The van der Waals surface area contributed by atoms with Crippen molar-refractivity contribution < 1.29 is 19.4 Å². The van der Waals surface area contributed by atoms with Crippen LogP contribution in [0.3, 0.4) is 0 Å². The van der Waals surface area contributed by atoms with Crippen LogP contribution in [-0.2, 0) is 13.1 Å². The van der Waals surface area contributed by atoms with Crippen LogP contribution < -0.4 is 9.47 Å². The lowest BCUT2D eigenvalue weighted by molar-refractivity contribution is 0.0692. The Morgan fingerprint density at radius 3 is 3.14 bits per heavy atom. The average Bonchev–Trinajstić information content (AvgIpc) is 2.85. The van der Waals surface area contributed by atoms with Gasteiger partial charge in [-0.1, -0.05) is 12.1 Å². The van der Waals surface area contributed by atoms with Crippen LogP contribution in [0.1, 0.15) is 20.8 Å². The Kier molecular flexibility index (Phi) is 4.26. The summed E-state index contributed by atoms with van der Waals surface area (Å²) in [7, 11) is 1.60. The summed E-state index contributed by atoms with van der Waals surface area (Å²) in [6.45, 7) is 2.58. The van der Waals surface area contributed by atoms with E-state index in [-0.39, 0.29) is 5.56 Å². The minimum atomic E-state index is -0.961. The summed E-state index contributed by atoms with van der Waals surface area (Å²) in [5.41, 5.74) is 1.12. The number of aromatic nitrogens is 1. The van der Waals surface area contributed by atoms with Crippen molar-refractivity contribution in [3.05, 3.63) is 40.3 Å². The van der Waals surface area contributed by atoms with Gasteiger partial charge in [0.2, 0.25) is 5.88 Å². The molecule has 0 atom stereocenters. The molecule has 0 aliphatic carbocycles. The molecule has 1 N–H and O–H groups in total. The number of rotatable bonds is 4. The van der Waals surface area contributed by atoms with Gasteiger partial charge in [0.25, 0.3) is 0 Å². The molecule has 2 aromatic rings. The van der Waals surface area contributed by atoms with Crippen LogP contribution in [-0.4, -0.2) is 40.6 Å². The van der Waals surface area contributed by atoms with Gasteiger partial charge in [0.05, 0.1) is 7.11 Å². The molecule has 6 nitrogen and oxygen atoms in total. The highest BCUT2D eigenvalue weighted by atomic mass is 32.1. The van der Waals surface area contributed by atoms with Crippen molar-refractivity contribution in [2.75, 3.05) is 20.3 Å². The van der Waals surface area contributed by atoms with Crippen molar-refractivity contribution in [3.8, 4) is 11.6 Å². The van der Waals surface area contributed by atoms with E-state index in [0.717, 1.165) is 23.5 Å². The number of fused-ring (bicyclic) bond motifs is 1. The number of para-hydroxylation sites is 1. The molecule has 0 fully saturated rings. The highest BCUT2D eigenvalue weighted by Gasteiger charge is 2.21. The molecule has 0 spiro atoms. The lowest BCUT2D eigenvalue weighted by Crippen LogP contribution is -2.24. The van der Waals surface area contributed by atoms with Crippen LogP contribution in [0.5, 0.6) is 11.6 Å². The first-order valence-corrected chi connectivity index (χ1v) is 7.64. The topological polar surface area (TPSA) is 71.9 Å². The lowest BCUT2D eigenvalue weighted by atomic mass is 10.1. The molecule has 0 radical (unpaired) electrons. The fourth-order valence-electron chi connectivity index (χ4n) is 2.47. The smallest absolute Gasteiger partial charge is 0.339 e. The van der Waals surface area contributed by atoms with E-state index in [1.807, 2.05) is 12.1 Å². The van der Waals surface area contributed by atoms with E-state index in [4.69, 9.17) is 9.47 Å². The van der Waals surface area contributed by atoms with Gasteiger partial charge < -0.3 is 14.6 Å². The zero-order valence-corrected chi connectivity index (χ0v) is 12.9. The van der Waals surface area contributed by atoms with E-state index in [1.54, 1.807) is 19.2 Å². The maximum Gasteiger partial charge on any atom is 0.339 e. The largest absolute Gasteiger partial charge is 0.491 e. The van der Waals surface area contributed by atoms with E-state index >= 15 is 0 Å². The van der Waals surface area contributed by atoms with Gasteiger partial charge in [0.15, 0.2) is 0 Å². The second-order valence-electron chi connectivity index (χ2n) is 4.99. The Bertz CT molecular complexity index is 686. The molecule has 1 aromatic carbocycles. The fraction of sp³-hybridized carbons (Fsp3) is 0.333. The molecule has 1 aromatic heterocycles. The van der Waals surface area contributed by atoms with Crippen LogP contribution in [0.2, 0.25) is 0 Å². The van der Waals surface area contributed by atoms with E-state index in [9.17, 15) is 9.90 Å². The normalized spacial score (nSPS) is 14.8. The highest BCUT2D eigenvalue weighted by Crippen LogP contribution is 2.29. The average molecular weight is 320 g/mol. The predicted molar refractivity (Wildman–Crippen MR) is 81.7 cm³/mol. The summed E-state index contributed by atoms with van der Waals surface area (Å²) in [6, 6.07) is 7.16. The van der Waals surface area contributed by atoms with Crippen molar-refractivity contribution in [1.29, 1.82) is 0 Å². The minimum Gasteiger partial charge on any atom is -0.491 e. The van der Waals surface area contributed by atoms with Gasteiger partial charge in [0, 0.05) is 36.1 Å². The van der Waals surface area contributed by atoms with Gasteiger partial charge in [-0.25, -0.2) is 4.79 Å². The predicted octanol–water partition coefficient (Wildman–Crippen LogP) is 2.24. The Morgan fingerprint density at radius 1 is 1.55 bits per heavy atom. The van der Waals surface area contributed by atoms with Crippen molar-refractivity contribution in [2.45, 2.75) is 13.1 Å². The standard InChI is InChI=1S/C15H16N2O4S/c1-20-13-7-11(22-16-13)9-17-5-6-21-14-10(8-17)3-2-4-12(14)15(18)19/h2-4,7H,5-6,8-9H2,1H3,(H,18,19). The van der Waals surface area contributed by atoms with E-state index in [0.29, 0.717) is 24.8 Å². The highest BCUT2D eigenvalue weighted by molar-refractivity contribution is 7.05. The maximum absolute atomic E-state index is 11.3. The first kappa shape index (κ1) is 14.8. The molecular formula is C15H16N2O4S. The molecule has 1 aliphatic heterocycles. The van der Waals surface area contributed by atoms with Gasteiger partial charge in [-0.3, -0.25) is 4.90 Å². The molecule has 116 valence electrons. The van der Waals surface area contributed by atoms with Crippen LogP contribution in [0.25, 0.3) is 0 Å². The van der Waals surface area contributed by atoms with E-state index in [2.05, 4.69) is 9.27 Å². The molecule has 0 amide bonds. The van der Waals surface area contributed by atoms with E-state index in [1.165, 1.54) is 11.5 Å². The number of methoxy groups -OCH3 is 1. The number of carboxylic acid groups (broad SMARTS) is 1. The number of carboxylic acids is 1. The third-order valence-corrected chi connectivity index (χ3v) is 4.25. The maximum atomic E-state index is 11.3. The third kappa shape index (κ3) is 3.05. The summed E-state index contributed by atoms with van der Waals surface area (Å²) in [4.78, 5) is 14.6. The van der Waals surface area contributed by atoms with Crippen molar-refractivity contribution >= 4 is 17.5 Å². The Balaban J connectivity index is 1.79. The molecule has 1 aliphatic rings. The molecule has 0 saturated carbocycles. The molecule has 3 rings (SSSR count). The number of nitrogens with zero attached hydrogens (tertiary/aromatic N) is 2. The number of carbonyl (C=O) groups is 1. The summed E-state index contributed by atoms with van der Waals surface area (Å²) < 4.78 is 15.0. The number of hydrogen-bond acceptors (Lipinski definition) is 6. The van der Waals surface area contributed by atoms with Gasteiger partial charge in [-0.05, 0) is 17.6 Å². The summed E-state index contributed by atoms with van der Waals surface area (Å²) >= 11 is 1.41. The monoisotopic (exact) mass is 320 g/mol. The van der Waals surface area contributed by atoms with Crippen molar-refractivity contribution in [1.82, 2.24) is 9.27 Å². The molecule has 0 bridgehead atoms. The SMILES string of the molecule is COc1cc(CN2CCOc3c(cccc3C(=O)O)C2)sn1. The van der Waals surface area contributed by atoms with Crippen molar-refractivity contribution in [2.24, 2.45) is 0 Å². The molecule has 2 heterocycles. The zero-order valence-electron chi connectivity index (χ0n) is 12.1. The second kappa shape index (κ2) is 6.33. The summed E-state index contributed by atoms with van der Waals surface area (Å²) in [6.07, 6.45) is 0. The first-order valence-electron chi connectivity index (χ1n) is 6.87. The molecular weight excluding hydrogens is 304 g/mol. The quantitative estimate of drug-likeness (QED) is 0.931.